The van der Waals surface area contributed by atoms with Crippen LogP contribution in [0.1, 0.15) is 44.9 Å². The second kappa shape index (κ2) is 10.2. The largest absolute Gasteiger partial charge is 0.348 e. The van der Waals surface area contributed by atoms with Gasteiger partial charge in [0.2, 0.25) is 5.91 Å². The maximum atomic E-state index is 13.7. The molecule has 180 valence electrons. The summed E-state index contributed by atoms with van der Waals surface area (Å²) in [7, 11) is -4.11. The van der Waals surface area contributed by atoms with Crippen LogP contribution < -0.4 is 9.62 Å². The van der Waals surface area contributed by atoms with Crippen LogP contribution in [0, 0.1) is 5.82 Å². The normalized spacial score (nSPS) is 12.8. The Morgan fingerprint density at radius 3 is 2.21 bits per heavy atom. The SMILES string of the molecule is C[C@@H](NC(=O)CN(c1ccc(F)c(Cl)c1)S(=O)(=O)c1ccccc1)c1ccc(C(C)(C)C)cc1. The molecule has 0 fully saturated rings. The molecule has 0 radical (unpaired) electrons. The lowest BCUT2D eigenvalue weighted by molar-refractivity contribution is -0.120. The van der Waals surface area contributed by atoms with Crippen LogP contribution in [0.3, 0.4) is 0 Å². The summed E-state index contributed by atoms with van der Waals surface area (Å²) in [6.07, 6.45) is 0. The number of carbonyl (C=O) groups is 1. The molecule has 3 aromatic carbocycles. The zero-order valence-electron chi connectivity index (χ0n) is 19.5. The van der Waals surface area contributed by atoms with E-state index in [4.69, 9.17) is 11.6 Å². The highest BCUT2D eigenvalue weighted by molar-refractivity contribution is 7.92. The van der Waals surface area contributed by atoms with Crippen molar-refractivity contribution in [3.8, 4) is 0 Å². The third-order valence-electron chi connectivity index (χ3n) is 5.46. The van der Waals surface area contributed by atoms with E-state index in [2.05, 4.69) is 26.1 Å². The highest BCUT2D eigenvalue weighted by Crippen LogP contribution is 2.28. The number of nitrogens with one attached hydrogen (secondary N) is 1. The molecule has 0 aliphatic carbocycles. The van der Waals surface area contributed by atoms with Gasteiger partial charge in [0.05, 0.1) is 21.6 Å². The molecule has 0 unspecified atom stereocenters. The maximum Gasteiger partial charge on any atom is 0.264 e. The van der Waals surface area contributed by atoms with Crippen molar-refractivity contribution in [2.45, 2.75) is 44.0 Å². The van der Waals surface area contributed by atoms with Gasteiger partial charge in [-0.1, -0.05) is 74.8 Å². The van der Waals surface area contributed by atoms with Crippen LogP contribution in [-0.4, -0.2) is 20.9 Å². The number of hydrogen-bond donors (Lipinski definition) is 1. The van der Waals surface area contributed by atoms with Gasteiger partial charge in [0.1, 0.15) is 12.4 Å². The number of sulfonamides is 1. The molecule has 0 bridgehead atoms. The molecular weight excluding hydrogens is 475 g/mol. The van der Waals surface area contributed by atoms with Crippen LogP contribution in [-0.2, 0) is 20.2 Å². The summed E-state index contributed by atoms with van der Waals surface area (Å²) in [6.45, 7) is 7.70. The van der Waals surface area contributed by atoms with Crippen molar-refractivity contribution in [1.82, 2.24) is 5.32 Å². The Morgan fingerprint density at radius 1 is 1.03 bits per heavy atom. The van der Waals surface area contributed by atoms with Gasteiger partial charge in [-0.3, -0.25) is 9.10 Å². The molecule has 1 N–H and O–H groups in total. The zero-order chi connectivity index (χ0) is 25.1. The van der Waals surface area contributed by atoms with E-state index in [-0.39, 0.29) is 27.1 Å². The molecule has 0 aliphatic rings. The van der Waals surface area contributed by atoms with Crippen LogP contribution in [0.5, 0.6) is 0 Å². The van der Waals surface area contributed by atoms with Crippen LogP contribution in [0.4, 0.5) is 10.1 Å². The molecule has 5 nitrogen and oxygen atoms in total. The first-order valence-corrected chi connectivity index (χ1v) is 12.6. The van der Waals surface area contributed by atoms with Crippen molar-refractivity contribution in [1.29, 1.82) is 0 Å². The predicted octanol–water partition coefficient (Wildman–Crippen LogP) is 5.85. The topological polar surface area (TPSA) is 66.5 Å². The molecular formula is C26H28ClFN2O3S. The van der Waals surface area contributed by atoms with Gasteiger partial charge in [-0.15, -0.1) is 0 Å². The first-order chi connectivity index (χ1) is 15.9. The van der Waals surface area contributed by atoms with Gasteiger partial charge in [0.15, 0.2) is 0 Å². The Hall–Kier alpha value is -2.90. The molecule has 0 aliphatic heterocycles. The van der Waals surface area contributed by atoms with E-state index in [1.807, 2.05) is 31.2 Å². The fraction of sp³-hybridized carbons (Fsp3) is 0.269. The van der Waals surface area contributed by atoms with E-state index in [1.165, 1.54) is 29.8 Å². The van der Waals surface area contributed by atoms with Crippen LogP contribution in [0.25, 0.3) is 0 Å². The third-order valence-corrected chi connectivity index (χ3v) is 7.54. The van der Waals surface area contributed by atoms with Crippen molar-refractivity contribution in [3.05, 3.63) is 94.8 Å². The number of carbonyl (C=O) groups excluding carboxylic acids is 1. The Balaban J connectivity index is 1.86. The average Bonchev–Trinajstić information content (AvgIpc) is 2.79. The minimum atomic E-state index is -4.11. The molecule has 1 amide bonds. The Labute approximate surface area is 205 Å². The highest BCUT2D eigenvalue weighted by Gasteiger charge is 2.28. The Morgan fingerprint density at radius 2 is 1.65 bits per heavy atom. The van der Waals surface area contributed by atoms with Crippen LogP contribution in [0.15, 0.2) is 77.7 Å². The number of anilines is 1. The van der Waals surface area contributed by atoms with Crippen molar-refractivity contribution in [2.24, 2.45) is 0 Å². The first-order valence-electron chi connectivity index (χ1n) is 10.8. The molecule has 3 rings (SSSR count). The number of halogens is 2. The molecule has 0 heterocycles. The number of amides is 1. The number of benzene rings is 3. The minimum absolute atomic E-state index is 0.00769. The summed E-state index contributed by atoms with van der Waals surface area (Å²) in [5.74, 6) is -1.19. The first kappa shape index (κ1) is 25.7. The second-order valence-corrected chi connectivity index (χ2v) is 11.4. The summed E-state index contributed by atoms with van der Waals surface area (Å²) >= 11 is 5.90. The van der Waals surface area contributed by atoms with Gasteiger partial charge >= 0.3 is 0 Å². The van der Waals surface area contributed by atoms with E-state index in [1.54, 1.807) is 18.2 Å². The van der Waals surface area contributed by atoms with Crippen molar-refractivity contribution < 1.29 is 17.6 Å². The summed E-state index contributed by atoms with van der Waals surface area (Å²) in [5.41, 5.74) is 2.16. The Bertz CT molecular complexity index is 1260. The average molecular weight is 503 g/mol. The van der Waals surface area contributed by atoms with Crippen molar-refractivity contribution in [2.75, 3.05) is 10.8 Å². The maximum absolute atomic E-state index is 13.7. The van der Waals surface area contributed by atoms with Gasteiger partial charge in [-0.05, 0) is 53.8 Å². The summed E-state index contributed by atoms with van der Waals surface area (Å²) in [5, 5.41) is 2.61. The van der Waals surface area contributed by atoms with Crippen LogP contribution >= 0.6 is 11.6 Å². The van der Waals surface area contributed by atoms with Gasteiger partial charge in [-0.2, -0.15) is 0 Å². The lowest BCUT2D eigenvalue weighted by Gasteiger charge is -2.25. The fourth-order valence-electron chi connectivity index (χ4n) is 3.45. The molecule has 3 aromatic rings. The van der Waals surface area contributed by atoms with Crippen LogP contribution in [0.2, 0.25) is 5.02 Å². The molecule has 0 saturated carbocycles. The monoisotopic (exact) mass is 502 g/mol. The lowest BCUT2D eigenvalue weighted by atomic mass is 9.86. The summed E-state index contributed by atoms with van der Waals surface area (Å²) in [4.78, 5) is 13.0. The van der Waals surface area contributed by atoms with E-state index < -0.39 is 28.3 Å². The highest BCUT2D eigenvalue weighted by atomic mass is 35.5. The van der Waals surface area contributed by atoms with Crippen molar-refractivity contribution in [3.63, 3.8) is 0 Å². The second-order valence-electron chi connectivity index (χ2n) is 9.08. The lowest BCUT2D eigenvalue weighted by Crippen LogP contribution is -2.41. The molecule has 0 saturated heterocycles. The molecule has 1 atom stereocenters. The quantitative estimate of drug-likeness (QED) is 0.440. The predicted molar refractivity (Wildman–Crippen MR) is 134 cm³/mol. The van der Waals surface area contributed by atoms with Gasteiger partial charge in [0.25, 0.3) is 10.0 Å². The Kier molecular flexibility index (Phi) is 7.68. The summed E-state index contributed by atoms with van der Waals surface area (Å²) < 4.78 is 41.4. The van der Waals surface area contributed by atoms with E-state index >= 15 is 0 Å². The van der Waals surface area contributed by atoms with E-state index in [0.717, 1.165) is 15.9 Å². The number of hydrogen-bond acceptors (Lipinski definition) is 3. The minimum Gasteiger partial charge on any atom is -0.348 e. The molecule has 34 heavy (non-hydrogen) atoms. The summed E-state index contributed by atoms with van der Waals surface area (Å²) in [6, 6.07) is 18.9. The standard InChI is InChI=1S/C26H28ClFN2O3S/c1-18(19-10-12-20(13-11-19)26(2,3)4)29-25(31)17-30(21-14-15-24(28)23(27)16-21)34(32,33)22-8-6-5-7-9-22/h5-16,18H,17H2,1-4H3,(H,29,31)/t18-/m1/s1. The smallest absolute Gasteiger partial charge is 0.264 e. The van der Waals surface area contributed by atoms with Gasteiger partial charge < -0.3 is 5.32 Å². The van der Waals surface area contributed by atoms with Gasteiger partial charge in [-0.25, -0.2) is 12.8 Å². The number of nitrogens with zero attached hydrogens (tertiary/aromatic N) is 1. The number of rotatable bonds is 7. The molecule has 8 heteroatoms. The van der Waals surface area contributed by atoms with Crippen molar-refractivity contribution >= 4 is 33.2 Å². The fourth-order valence-corrected chi connectivity index (χ4v) is 5.06. The third kappa shape index (κ3) is 5.96. The molecule has 0 spiro atoms. The van der Waals surface area contributed by atoms with Gasteiger partial charge in [0, 0.05) is 0 Å². The van der Waals surface area contributed by atoms with E-state index in [0.29, 0.717) is 0 Å². The van der Waals surface area contributed by atoms with E-state index in [9.17, 15) is 17.6 Å². The zero-order valence-corrected chi connectivity index (χ0v) is 21.1. The molecule has 0 aromatic heterocycles.